The minimum absolute atomic E-state index is 0.000726. The number of benzene rings is 1. The molecule has 6 nitrogen and oxygen atoms in total. The number of halogens is 1. The third-order valence-corrected chi connectivity index (χ3v) is 5.56. The van der Waals surface area contributed by atoms with Crippen LogP contribution in [-0.2, 0) is 17.9 Å². The molecule has 1 aliphatic rings. The van der Waals surface area contributed by atoms with Crippen LogP contribution < -0.4 is 10.1 Å². The van der Waals surface area contributed by atoms with Crippen LogP contribution in [0.25, 0.3) is 0 Å². The molecule has 1 amide bonds. The average Bonchev–Trinajstić information content (AvgIpc) is 3.14. The number of likely N-dealkylation sites (tertiary alicyclic amines) is 1. The fourth-order valence-corrected chi connectivity index (χ4v) is 4.01. The van der Waals surface area contributed by atoms with Crippen molar-refractivity contribution in [2.45, 2.75) is 45.7 Å². The number of piperidine rings is 1. The van der Waals surface area contributed by atoms with E-state index in [1.54, 1.807) is 25.3 Å². The Hall–Kier alpha value is -2.05. The summed E-state index contributed by atoms with van der Waals surface area (Å²) in [7, 11) is 1.58. The first-order valence-electron chi connectivity index (χ1n) is 9.94. The van der Waals surface area contributed by atoms with Crippen LogP contribution in [0.5, 0.6) is 5.75 Å². The number of amides is 1. The standard InChI is InChI=1S/C21H29ClN4O2/c1-3-26-12-10-23-20(26)15-25-11-4-5-16(14-25)6-9-21(27)24-18-13-17(22)7-8-19(18)28-2/h7-8,10,12-13,16H,3-6,9,11,14-15H2,1-2H3,(H,24,27)/t16-/m1/s1. The number of carbonyl (C=O) groups is 1. The molecule has 1 atom stereocenters. The first kappa shape index (κ1) is 20.7. The lowest BCUT2D eigenvalue weighted by molar-refractivity contribution is -0.116. The number of imidazole rings is 1. The van der Waals surface area contributed by atoms with Gasteiger partial charge in [-0.2, -0.15) is 0 Å². The first-order valence-corrected chi connectivity index (χ1v) is 10.3. The number of aromatic nitrogens is 2. The van der Waals surface area contributed by atoms with E-state index in [-0.39, 0.29) is 5.91 Å². The normalized spacial score (nSPS) is 17.5. The molecule has 0 bridgehead atoms. The molecule has 1 aromatic carbocycles. The van der Waals surface area contributed by atoms with Crippen molar-refractivity contribution in [3.05, 3.63) is 41.4 Å². The summed E-state index contributed by atoms with van der Waals surface area (Å²) in [6.07, 6.45) is 7.62. The molecule has 1 fully saturated rings. The van der Waals surface area contributed by atoms with E-state index in [0.717, 1.165) is 38.4 Å². The lowest BCUT2D eigenvalue weighted by atomic mass is 9.93. The number of carbonyl (C=O) groups excluding carboxylic acids is 1. The summed E-state index contributed by atoms with van der Waals surface area (Å²) in [6, 6.07) is 5.23. The zero-order chi connectivity index (χ0) is 19.9. The Labute approximate surface area is 171 Å². The molecular weight excluding hydrogens is 376 g/mol. The zero-order valence-electron chi connectivity index (χ0n) is 16.7. The molecule has 1 aromatic heterocycles. The smallest absolute Gasteiger partial charge is 0.224 e. The number of rotatable bonds is 8. The largest absolute Gasteiger partial charge is 0.495 e. The lowest BCUT2D eigenvalue weighted by Crippen LogP contribution is -2.36. The molecule has 0 radical (unpaired) electrons. The molecule has 2 aromatic rings. The van der Waals surface area contributed by atoms with Crippen LogP contribution in [-0.4, -0.2) is 40.6 Å². The highest BCUT2D eigenvalue weighted by Gasteiger charge is 2.22. The van der Waals surface area contributed by atoms with Gasteiger partial charge in [-0.25, -0.2) is 4.98 Å². The molecule has 3 rings (SSSR count). The zero-order valence-corrected chi connectivity index (χ0v) is 17.4. The number of aryl methyl sites for hydroxylation is 1. The van der Waals surface area contributed by atoms with Crippen molar-refractivity contribution in [1.29, 1.82) is 0 Å². The molecule has 0 unspecified atom stereocenters. The van der Waals surface area contributed by atoms with Gasteiger partial charge in [-0.3, -0.25) is 9.69 Å². The van der Waals surface area contributed by atoms with Crippen molar-refractivity contribution >= 4 is 23.2 Å². The molecule has 1 N–H and O–H groups in total. The molecule has 1 aliphatic heterocycles. The maximum atomic E-state index is 12.4. The summed E-state index contributed by atoms with van der Waals surface area (Å²) in [6.45, 7) is 6.07. The minimum Gasteiger partial charge on any atom is -0.495 e. The summed E-state index contributed by atoms with van der Waals surface area (Å²) in [5.41, 5.74) is 0.622. The monoisotopic (exact) mass is 404 g/mol. The van der Waals surface area contributed by atoms with Gasteiger partial charge in [0.1, 0.15) is 11.6 Å². The molecule has 28 heavy (non-hydrogen) atoms. The highest BCUT2D eigenvalue weighted by Crippen LogP contribution is 2.28. The van der Waals surface area contributed by atoms with Crippen molar-refractivity contribution < 1.29 is 9.53 Å². The van der Waals surface area contributed by atoms with Crippen LogP contribution in [0.1, 0.15) is 38.4 Å². The molecule has 2 heterocycles. The van der Waals surface area contributed by atoms with E-state index in [1.807, 2.05) is 12.4 Å². The van der Waals surface area contributed by atoms with Gasteiger partial charge < -0.3 is 14.6 Å². The van der Waals surface area contributed by atoms with Crippen LogP contribution in [0, 0.1) is 5.92 Å². The number of methoxy groups -OCH3 is 1. The number of hydrogen-bond acceptors (Lipinski definition) is 4. The minimum atomic E-state index is -0.000726. The van der Waals surface area contributed by atoms with E-state index in [9.17, 15) is 4.79 Å². The van der Waals surface area contributed by atoms with E-state index >= 15 is 0 Å². The topological polar surface area (TPSA) is 59.4 Å². The number of hydrogen-bond donors (Lipinski definition) is 1. The lowest BCUT2D eigenvalue weighted by Gasteiger charge is -2.32. The Morgan fingerprint density at radius 3 is 3.07 bits per heavy atom. The summed E-state index contributed by atoms with van der Waals surface area (Å²) in [5.74, 6) is 2.27. The first-order chi connectivity index (χ1) is 13.6. The Bertz CT molecular complexity index is 792. The van der Waals surface area contributed by atoms with E-state index in [1.165, 1.54) is 12.8 Å². The average molecular weight is 405 g/mol. The fraction of sp³-hybridized carbons (Fsp3) is 0.524. The van der Waals surface area contributed by atoms with Gasteiger partial charge in [0.2, 0.25) is 5.91 Å². The predicted molar refractivity (Wildman–Crippen MR) is 112 cm³/mol. The Morgan fingerprint density at radius 2 is 2.29 bits per heavy atom. The summed E-state index contributed by atoms with van der Waals surface area (Å²) >= 11 is 6.03. The van der Waals surface area contributed by atoms with Crippen LogP contribution in [0.2, 0.25) is 5.02 Å². The molecule has 152 valence electrons. The Kier molecular flexibility index (Phi) is 7.34. The van der Waals surface area contributed by atoms with Gasteiger partial charge in [0.25, 0.3) is 0 Å². The van der Waals surface area contributed by atoms with Crippen LogP contribution >= 0.6 is 11.6 Å². The van der Waals surface area contributed by atoms with Crippen LogP contribution in [0.3, 0.4) is 0 Å². The molecule has 0 aliphatic carbocycles. The molecule has 0 saturated carbocycles. The number of nitrogens with zero attached hydrogens (tertiary/aromatic N) is 3. The quantitative estimate of drug-likeness (QED) is 0.716. The highest BCUT2D eigenvalue weighted by molar-refractivity contribution is 6.31. The van der Waals surface area contributed by atoms with Gasteiger partial charge >= 0.3 is 0 Å². The Balaban J connectivity index is 1.49. The molecular formula is C21H29ClN4O2. The maximum Gasteiger partial charge on any atom is 0.224 e. The van der Waals surface area contributed by atoms with Crippen molar-refractivity contribution in [1.82, 2.24) is 14.5 Å². The second-order valence-electron chi connectivity index (χ2n) is 7.30. The maximum absolute atomic E-state index is 12.4. The fourth-order valence-electron chi connectivity index (χ4n) is 3.84. The van der Waals surface area contributed by atoms with Gasteiger partial charge in [-0.1, -0.05) is 11.6 Å². The highest BCUT2D eigenvalue weighted by atomic mass is 35.5. The summed E-state index contributed by atoms with van der Waals surface area (Å²) < 4.78 is 7.48. The van der Waals surface area contributed by atoms with Gasteiger partial charge in [0.15, 0.2) is 0 Å². The second kappa shape index (κ2) is 9.94. The molecule has 1 saturated heterocycles. The number of anilines is 1. The predicted octanol–water partition coefficient (Wildman–Crippen LogP) is 4.20. The van der Waals surface area contributed by atoms with Crippen LogP contribution in [0.15, 0.2) is 30.6 Å². The third kappa shape index (κ3) is 5.49. The molecule has 0 spiro atoms. The Morgan fingerprint density at radius 1 is 1.43 bits per heavy atom. The van der Waals surface area contributed by atoms with Gasteiger partial charge in [-0.05, 0) is 56.8 Å². The van der Waals surface area contributed by atoms with Crippen molar-refractivity contribution in [2.75, 3.05) is 25.5 Å². The van der Waals surface area contributed by atoms with Gasteiger partial charge in [0, 0.05) is 36.9 Å². The number of nitrogens with one attached hydrogen (secondary N) is 1. The summed E-state index contributed by atoms with van der Waals surface area (Å²) in [4.78, 5) is 19.4. The van der Waals surface area contributed by atoms with Crippen molar-refractivity contribution in [2.24, 2.45) is 5.92 Å². The second-order valence-corrected chi connectivity index (χ2v) is 7.74. The molecule has 7 heteroatoms. The van der Waals surface area contributed by atoms with Gasteiger partial charge in [0.05, 0.1) is 19.3 Å². The van der Waals surface area contributed by atoms with E-state index < -0.39 is 0 Å². The van der Waals surface area contributed by atoms with E-state index in [4.69, 9.17) is 16.3 Å². The van der Waals surface area contributed by atoms with Crippen molar-refractivity contribution in [3.8, 4) is 5.75 Å². The number of ether oxygens (including phenoxy) is 1. The van der Waals surface area contributed by atoms with E-state index in [0.29, 0.717) is 28.8 Å². The SMILES string of the molecule is CCn1ccnc1CN1CCC[C@H](CCC(=O)Nc2cc(Cl)ccc2OC)C1. The van der Waals surface area contributed by atoms with Gasteiger partial charge in [-0.15, -0.1) is 0 Å². The summed E-state index contributed by atoms with van der Waals surface area (Å²) in [5, 5.41) is 3.50. The van der Waals surface area contributed by atoms with Crippen molar-refractivity contribution in [3.63, 3.8) is 0 Å². The third-order valence-electron chi connectivity index (χ3n) is 5.33. The van der Waals surface area contributed by atoms with Crippen LogP contribution in [0.4, 0.5) is 5.69 Å². The van der Waals surface area contributed by atoms with E-state index in [2.05, 4.69) is 26.7 Å².